The molecule has 0 N–H and O–H groups in total. The van der Waals surface area contributed by atoms with E-state index in [4.69, 9.17) is 14.2 Å². The zero-order valence-electron chi connectivity index (χ0n) is 16.5. The second-order valence-corrected chi connectivity index (χ2v) is 7.88. The van der Waals surface area contributed by atoms with E-state index in [-0.39, 0.29) is 18.0 Å². The SMILES string of the molecule is CCOc1ccc(C2CCC(OCC3CCC(CC)CC3)OC2)c(F)c1F. The largest absolute Gasteiger partial charge is 0.491 e. The molecule has 0 spiro atoms. The van der Waals surface area contributed by atoms with Gasteiger partial charge in [-0.05, 0) is 56.1 Å². The minimum Gasteiger partial charge on any atom is -0.491 e. The fourth-order valence-corrected chi connectivity index (χ4v) is 4.28. The van der Waals surface area contributed by atoms with Crippen molar-refractivity contribution < 1.29 is 23.0 Å². The van der Waals surface area contributed by atoms with Crippen LogP contribution in [0.3, 0.4) is 0 Å². The molecule has 3 rings (SSSR count). The third kappa shape index (κ3) is 5.20. The minimum atomic E-state index is -0.907. The van der Waals surface area contributed by atoms with Crippen molar-refractivity contribution in [3.63, 3.8) is 0 Å². The summed E-state index contributed by atoms with van der Waals surface area (Å²) in [5.74, 6) is -0.384. The Labute approximate surface area is 161 Å². The molecule has 1 aromatic carbocycles. The lowest BCUT2D eigenvalue weighted by atomic mass is 9.81. The Balaban J connectivity index is 1.46. The van der Waals surface area contributed by atoms with E-state index in [1.165, 1.54) is 38.2 Å². The number of hydrogen-bond donors (Lipinski definition) is 0. The van der Waals surface area contributed by atoms with Gasteiger partial charge in [0.2, 0.25) is 5.82 Å². The molecule has 0 bridgehead atoms. The van der Waals surface area contributed by atoms with Gasteiger partial charge in [-0.3, -0.25) is 0 Å². The third-order valence-electron chi connectivity index (χ3n) is 6.11. The lowest BCUT2D eigenvalue weighted by Crippen LogP contribution is -2.30. The predicted octanol–water partition coefficient (Wildman–Crippen LogP) is 5.82. The van der Waals surface area contributed by atoms with E-state index in [0.29, 0.717) is 31.1 Å². The average Bonchev–Trinajstić information content (AvgIpc) is 2.71. The van der Waals surface area contributed by atoms with Crippen LogP contribution < -0.4 is 4.74 Å². The molecule has 1 saturated carbocycles. The fourth-order valence-electron chi connectivity index (χ4n) is 4.28. The molecule has 2 unspecified atom stereocenters. The van der Waals surface area contributed by atoms with Crippen molar-refractivity contribution >= 4 is 0 Å². The second-order valence-electron chi connectivity index (χ2n) is 7.88. The van der Waals surface area contributed by atoms with Crippen molar-refractivity contribution in [3.05, 3.63) is 29.3 Å². The number of benzene rings is 1. The van der Waals surface area contributed by atoms with Gasteiger partial charge in [0.15, 0.2) is 17.9 Å². The first-order chi connectivity index (χ1) is 13.1. The topological polar surface area (TPSA) is 27.7 Å². The van der Waals surface area contributed by atoms with Crippen molar-refractivity contribution in [1.82, 2.24) is 0 Å². The normalized spacial score (nSPS) is 28.9. The number of halogens is 2. The molecular weight excluding hydrogens is 350 g/mol. The first-order valence-corrected chi connectivity index (χ1v) is 10.5. The Morgan fingerprint density at radius 1 is 0.963 bits per heavy atom. The van der Waals surface area contributed by atoms with E-state index in [1.54, 1.807) is 13.0 Å². The monoisotopic (exact) mass is 382 g/mol. The van der Waals surface area contributed by atoms with Crippen LogP contribution in [-0.2, 0) is 9.47 Å². The highest BCUT2D eigenvalue weighted by molar-refractivity contribution is 5.33. The summed E-state index contributed by atoms with van der Waals surface area (Å²) in [6.45, 7) is 5.43. The summed E-state index contributed by atoms with van der Waals surface area (Å²) >= 11 is 0. The average molecular weight is 382 g/mol. The van der Waals surface area contributed by atoms with E-state index < -0.39 is 11.6 Å². The van der Waals surface area contributed by atoms with Crippen LogP contribution in [0, 0.1) is 23.5 Å². The molecule has 0 aromatic heterocycles. The molecular formula is C22H32F2O3. The summed E-state index contributed by atoms with van der Waals surface area (Å²) in [6, 6.07) is 3.12. The van der Waals surface area contributed by atoms with E-state index in [9.17, 15) is 8.78 Å². The number of ether oxygens (including phenoxy) is 3. The molecule has 27 heavy (non-hydrogen) atoms. The van der Waals surface area contributed by atoms with Gasteiger partial charge in [-0.1, -0.05) is 32.3 Å². The first kappa shape index (κ1) is 20.5. The molecule has 0 radical (unpaired) electrons. The molecule has 1 aliphatic carbocycles. The zero-order valence-corrected chi connectivity index (χ0v) is 16.5. The van der Waals surface area contributed by atoms with Gasteiger partial charge in [-0.25, -0.2) is 4.39 Å². The minimum absolute atomic E-state index is 0.0329. The van der Waals surface area contributed by atoms with Gasteiger partial charge in [0, 0.05) is 5.92 Å². The lowest BCUT2D eigenvalue weighted by molar-refractivity contribution is -0.175. The molecule has 5 heteroatoms. The van der Waals surface area contributed by atoms with Crippen LogP contribution in [-0.4, -0.2) is 26.1 Å². The van der Waals surface area contributed by atoms with Gasteiger partial charge in [0.25, 0.3) is 0 Å². The Morgan fingerprint density at radius 3 is 2.33 bits per heavy atom. The molecule has 1 aromatic rings. The molecule has 2 atom stereocenters. The molecule has 1 saturated heterocycles. The van der Waals surface area contributed by atoms with Gasteiger partial charge in [-0.15, -0.1) is 0 Å². The highest BCUT2D eigenvalue weighted by atomic mass is 19.2. The van der Waals surface area contributed by atoms with E-state index in [1.807, 2.05) is 0 Å². The zero-order chi connectivity index (χ0) is 19.2. The van der Waals surface area contributed by atoms with E-state index >= 15 is 0 Å². The standard InChI is InChI=1S/C22H32F2O3/c1-3-15-5-7-16(8-6-15)13-26-20-12-9-17(14-27-20)18-10-11-19(25-4-2)22(24)21(18)23/h10-11,15-17,20H,3-9,12-14H2,1-2H3. The summed E-state index contributed by atoms with van der Waals surface area (Å²) in [5, 5.41) is 0. The van der Waals surface area contributed by atoms with Gasteiger partial charge in [-0.2, -0.15) is 4.39 Å². The van der Waals surface area contributed by atoms with Gasteiger partial charge >= 0.3 is 0 Å². The van der Waals surface area contributed by atoms with Crippen molar-refractivity contribution in [2.24, 2.45) is 11.8 Å². The quantitative estimate of drug-likeness (QED) is 0.595. The number of hydrogen-bond acceptors (Lipinski definition) is 3. The van der Waals surface area contributed by atoms with Crippen molar-refractivity contribution in [2.75, 3.05) is 19.8 Å². The smallest absolute Gasteiger partial charge is 0.200 e. The Morgan fingerprint density at radius 2 is 1.70 bits per heavy atom. The Hall–Kier alpha value is -1.20. The van der Waals surface area contributed by atoms with E-state index in [2.05, 4.69) is 6.92 Å². The van der Waals surface area contributed by atoms with Crippen molar-refractivity contribution in [2.45, 2.75) is 71.0 Å². The van der Waals surface area contributed by atoms with Crippen LogP contribution in [0.2, 0.25) is 0 Å². The summed E-state index contributed by atoms with van der Waals surface area (Å²) < 4.78 is 45.4. The number of rotatable bonds is 7. The molecule has 2 fully saturated rings. The molecule has 152 valence electrons. The summed E-state index contributed by atoms with van der Waals surface area (Å²) in [7, 11) is 0. The van der Waals surface area contributed by atoms with Crippen LogP contribution in [0.1, 0.15) is 70.3 Å². The van der Waals surface area contributed by atoms with Crippen molar-refractivity contribution in [3.8, 4) is 5.75 Å². The summed E-state index contributed by atoms with van der Waals surface area (Å²) in [6.07, 6.45) is 7.60. The van der Waals surface area contributed by atoms with Crippen LogP contribution in [0.25, 0.3) is 0 Å². The Bertz CT molecular complexity index is 591. The summed E-state index contributed by atoms with van der Waals surface area (Å²) in [4.78, 5) is 0. The maximum absolute atomic E-state index is 14.4. The molecule has 2 aliphatic rings. The van der Waals surface area contributed by atoms with Crippen LogP contribution in [0.5, 0.6) is 5.75 Å². The van der Waals surface area contributed by atoms with Crippen molar-refractivity contribution in [1.29, 1.82) is 0 Å². The molecule has 1 heterocycles. The first-order valence-electron chi connectivity index (χ1n) is 10.5. The summed E-state index contributed by atoms with van der Waals surface area (Å²) in [5.41, 5.74) is 0.368. The fraction of sp³-hybridized carbons (Fsp3) is 0.727. The van der Waals surface area contributed by atoms with Gasteiger partial charge in [0.05, 0.1) is 19.8 Å². The lowest BCUT2D eigenvalue weighted by Gasteiger charge is -2.32. The van der Waals surface area contributed by atoms with Crippen LogP contribution >= 0.6 is 0 Å². The molecule has 3 nitrogen and oxygen atoms in total. The van der Waals surface area contributed by atoms with Crippen LogP contribution in [0.15, 0.2) is 12.1 Å². The van der Waals surface area contributed by atoms with Crippen LogP contribution in [0.4, 0.5) is 8.78 Å². The Kier molecular flexibility index (Phi) is 7.48. The second kappa shape index (κ2) is 9.83. The maximum atomic E-state index is 14.4. The molecule has 1 aliphatic heterocycles. The van der Waals surface area contributed by atoms with E-state index in [0.717, 1.165) is 18.9 Å². The highest BCUT2D eigenvalue weighted by Gasteiger charge is 2.28. The third-order valence-corrected chi connectivity index (χ3v) is 6.11. The maximum Gasteiger partial charge on any atom is 0.200 e. The molecule has 0 amide bonds. The van der Waals surface area contributed by atoms with Gasteiger partial charge in [0.1, 0.15) is 0 Å². The predicted molar refractivity (Wildman–Crippen MR) is 101 cm³/mol. The highest BCUT2D eigenvalue weighted by Crippen LogP contribution is 2.35. The van der Waals surface area contributed by atoms with Gasteiger partial charge < -0.3 is 14.2 Å².